The zero-order chi connectivity index (χ0) is 15.7. The third-order valence-electron chi connectivity index (χ3n) is 3.59. The Labute approximate surface area is 132 Å². The molecule has 0 aliphatic heterocycles. The van der Waals surface area contributed by atoms with Crippen molar-refractivity contribution < 1.29 is 9.32 Å². The van der Waals surface area contributed by atoms with Gasteiger partial charge < -0.3 is 14.8 Å². The molecule has 2 N–H and O–H groups in total. The lowest BCUT2D eigenvalue weighted by Gasteiger charge is -2.04. The highest BCUT2D eigenvalue weighted by molar-refractivity contribution is 6.31. The van der Waals surface area contributed by atoms with Crippen molar-refractivity contribution in [1.29, 1.82) is 0 Å². The summed E-state index contributed by atoms with van der Waals surface area (Å²) in [5, 5.41) is 8.34. The number of H-pyrrole nitrogens is 1. The Morgan fingerprint density at radius 3 is 2.91 bits per heavy atom. The lowest BCUT2D eigenvalue weighted by Crippen LogP contribution is -2.25. The molecule has 1 aromatic carbocycles. The van der Waals surface area contributed by atoms with Gasteiger partial charge in [0.2, 0.25) is 5.76 Å². The number of fused-ring (bicyclic) bond motifs is 1. The first-order valence-electron chi connectivity index (χ1n) is 7.03. The summed E-state index contributed by atoms with van der Waals surface area (Å²) in [4.78, 5) is 15.2. The molecule has 2 aromatic heterocycles. The minimum absolute atomic E-state index is 0.233. The molecular formula is C16H16ClN3O2. The highest BCUT2D eigenvalue weighted by Gasteiger charge is 2.12. The van der Waals surface area contributed by atoms with Crippen molar-refractivity contribution in [3.63, 3.8) is 0 Å². The van der Waals surface area contributed by atoms with E-state index in [1.54, 1.807) is 13.0 Å². The number of aromatic nitrogens is 2. The van der Waals surface area contributed by atoms with E-state index in [9.17, 15) is 4.79 Å². The fourth-order valence-electron chi connectivity index (χ4n) is 2.54. The molecule has 3 aromatic rings. The number of halogens is 1. The van der Waals surface area contributed by atoms with Crippen LogP contribution in [-0.4, -0.2) is 22.6 Å². The van der Waals surface area contributed by atoms with Crippen molar-refractivity contribution in [3.8, 4) is 0 Å². The lowest BCUT2D eigenvalue weighted by molar-refractivity contribution is 0.0917. The van der Waals surface area contributed by atoms with Crippen LogP contribution in [0.4, 0.5) is 0 Å². The van der Waals surface area contributed by atoms with E-state index in [-0.39, 0.29) is 11.7 Å². The van der Waals surface area contributed by atoms with Gasteiger partial charge in [0.15, 0.2) is 0 Å². The van der Waals surface area contributed by atoms with E-state index >= 15 is 0 Å². The molecule has 0 saturated carbocycles. The van der Waals surface area contributed by atoms with Gasteiger partial charge in [-0.05, 0) is 44.0 Å². The van der Waals surface area contributed by atoms with Gasteiger partial charge in [-0.25, -0.2) is 0 Å². The number of carbonyl (C=O) groups excluding carboxylic acids is 1. The maximum Gasteiger partial charge on any atom is 0.289 e. The number of nitrogens with zero attached hydrogens (tertiary/aromatic N) is 1. The van der Waals surface area contributed by atoms with E-state index in [4.69, 9.17) is 16.1 Å². The minimum atomic E-state index is -0.254. The van der Waals surface area contributed by atoms with Gasteiger partial charge in [0.1, 0.15) is 0 Å². The first kappa shape index (κ1) is 14.7. The fraction of sp³-hybridized carbons (Fsp3) is 0.250. The smallest absolute Gasteiger partial charge is 0.289 e. The Hall–Kier alpha value is -2.27. The molecule has 0 saturated heterocycles. The number of carbonyl (C=O) groups is 1. The molecule has 0 fully saturated rings. The largest absolute Gasteiger partial charge is 0.358 e. The number of hydrogen-bond acceptors (Lipinski definition) is 3. The summed E-state index contributed by atoms with van der Waals surface area (Å²) in [6, 6.07) is 7.38. The summed E-state index contributed by atoms with van der Waals surface area (Å²) in [5.41, 5.74) is 3.98. The van der Waals surface area contributed by atoms with Crippen LogP contribution in [0.2, 0.25) is 5.02 Å². The molecule has 22 heavy (non-hydrogen) atoms. The van der Waals surface area contributed by atoms with Gasteiger partial charge in [-0.15, -0.1) is 0 Å². The highest BCUT2D eigenvalue weighted by Crippen LogP contribution is 2.25. The fourth-order valence-corrected chi connectivity index (χ4v) is 2.71. The summed E-state index contributed by atoms with van der Waals surface area (Å²) >= 11 is 6.06. The average Bonchev–Trinajstić information content (AvgIpc) is 3.03. The van der Waals surface area contributed by atoms with Crippen molar-refractivity contribution >= 4 is 28.4 Å². The molecule has 0 unspecified atom stereocenters. The molecule has 3 rings (SSSR count). The number of nitrogens with one attached hydrogen (secondary N) is 2. The van der Waals surface area contributed by atoms with E-state index in [0.717, 1.165) is 22.2 Å². The normalized spacial score (nSPS) is 11.0. The van der Waals surface area contributed by atoms with E-state index in [1.165, 1.54) is 0 Å². The predicted molar refractivity (Wildman–Crippen MR) is 85.3 cm³/mol. The van der Waals surface area contributed by atoms with Gasteiger partial charge in [0, 0.05) is 34.2 Å². The number of benzene rings is 1. The molecule has 6 heteroatoms. The quantitative estimate of drug-likeness (QED) is 0.774. The summed E-state index contributed by atoms with van der Waals surface area (Å²) in [7, 11) is 0. The molecule has 0 spiro atoms. The van der Waals surface area contributed by atoms with Gasteiger partial charge in [-0.2, -0.15) is 0 Å². The molecule has 5 nitrogen and oxygen atoms in total. The van der Waals surface area contributed by atoms with Gasteiger partial charge in [-0.3, -0.25) is 4.79 Å². The number of aryl methyl sites for hydroxylation is 2. The number of amides is 1. The minimum Gasteiger partial charge on any atom is -0.358 e. The van der Waals surface area contributed by atoms with E-state index in [1.807, 2.05) is 25.1 Å². The Morgan fingerprint density at radius 2 is 2.18 bits per heavy atom. The summed E-state index contributed by atoms with van der Waals surface area (Å²) < 4.78 is 4.94. The molecule has 2 heterocycles. The van der Waals surface area contributed by atoms with Crippen molar-refractivity contribution in [2.45, 2.75) is 20.3 Å². The lowest BCUT2D eigenvalue weighted by atomic mass is 10.1. The van der Waals surface area contributed by atoms with Crippen LogP contribution in [0.15, 0.2) is 28.8 Å². The molecule has 0 radical (unpaired) electrons. The average molecular weight is 318 g/mol. The molecule has 0 aliphatic rings. The Morgan fingerprint density at radius 1 is 1.36 bits per heavy atom. The van der Waals surface area contributed by atoms with Gasteiger partial charge in [0.25, 0.3) is 5.91 Å². The van der Waals surface area contributed by atoms with Crippen molar-refractivity contribution in [1.82, 2.24) is 15.5 Å². The molecule has 0 atom stereocenters. The molecule has 0 aliphatic carbocycles. The van der Waals surface area contributed by atoms with Crippen LogP contribution in [0.1, 0.15) is 27.5 Å². The third kappa shape index (κ3) is 2.85. The first-order valence-corrected chi connectivity index (χ1v) is 7.40. The topological polar surface area (TPSA) is 70.9 Å². The van der Waals surface area contributed by atoms with Crippen LogP contribution in [-0.2, 0) is 6.42 Å². The van der Waals surface area contributed by atoms with E-state index in [2.05, 4.69) is 15.5 Å². The second-order valence-corrected chi connectivity index (χ2v) is 5.69. The molecule has 1 amide bonds. The highest BCUT2D eigenvalue weighted by atomic mass is 35.5. The molecular weight excluding hydrogens is 302 g/mol. The Bertz CT molecular complexity index is 835. The second kappa shape index (κ2) is 5.85. The van der Waals surface area contributed by atoms with Gasteiger partial charge >= 0.3 is 0 Å². The maximum atomic E-state index is 11.9. The monoisotopic (exact) mass is 317 g/mol. The van der Waals surface area contributed by atoms with Crippen LogP contribution in [0.5, 0.6) is 0 Å². The van der Waals surface area contributed by atoms with Gasteiger partial charge in [-0.1, -0.05) is 16.8 Å². The van der Waals surface area contributed by atoms with Crippen LogP contribution in [0.25, 0.3) is 10.9 Å². The van der Waals surface area contributed by atoms with Crippen molar-refractivity contribution in [3.05, 3.63) is 52.0 Å². The van der Waals surface area contributed by atoms with Crippen LogP contribution in [0.3, 0.4) is 0 Å². The van der Waals surface area contributed by atoms with Crippen molar-refractivity contribution in [2.75, 3.05) is 6.54 Å². The van der Waals surface area contributed by atoms with E-state index < -0.39 is 0 Å². The first-order chi connectivity index (χ1) is 10.5. The van der Waals surface area contributed by atoms with Crippen LogP contribution < -0.4 is 5.32 Å². The van der Waals surface area contributed by atoms with Gasteiger partial charge in [0.05, 0.1) is 5.69 Å². The standard InChI is InChI=1S/C16H16ClN3O2/c1-9-7-15(22-20-9)16(21)18-6-5-12-10(2)19-14-4-3-11(17)8-13(12)14/h3-4,7-8,19H,5-6H2,1-2H3,(H,18,21). The SMILES string of the molecule is Cc1cc(C(=O)NCCc2c(C)[nH]c3ccc(Cl)cc23)on1. The number of hydrogen-bond donors (Lipinski definition) is 2. The summed E-state index contributed by atoms with van der Waals surface area (Å²) in [6.07, 6.45) is 0.713. The Kier molecular flexibility index (Phi) is 3.90. The zero-order valence-electron chi connectivity index (χ0n) is 12.4. The zero-order valence-corrected chi connectivity index (χ0v) is 13.1. The van der Waals surface area contributed by atoms with Crippen molar-refractivity contribution in [2.24, 2.45) is 0 Å². The number of rotatable bonds is 4. The third-order valence-corrected chi connectivity index (χ3v) is 3.83. The Balaban J connectivity index is 1.70. The second-order valence-electron chi connectivity index (χ2n) is 5.26. The molecule has 0 bridgehead atoms. The maximum absolute atomic E-state index is 11.9. The predicted octanol–water partition coefficient (Wildman–Crippen LogP) is 3.40. The molecule has 114 valence electrons. The van der Waals surface area contributed by atoms with E-state index in [0.29, 0.717) is 23.7 Å². The van der Waals surface area contributed by atoms with Crippen LogP contribution in [0, 0.1) is 13.8 Å². The van der Waals surface area contributed by atoms with Crippen LogP contribution >= 0.6 is 11.6 Å². The summed E-state index contributed by atoms with van der Waals surface area (Å²) in [6.45, 7) is 4.31. The number of aromatic amines is 1. The summed E-state index contributed by atoms with van der Waals surface area (Å²) in [5.74, 6) is -0.0210.